The van der Waals surface area contributed by atoms with Crippen molar-refractivity contribution in [1.82, 2.24) is 0 Å². The Labute approximate surface area is 76.7 Å². The first kappa shape index (κ1) is 11.8. The molecule has 4 nitrogen and oxygen atoms in total. The van der Waals surface area contributed by atoms with Crippen molar-refractivity contribution in [2.45, 2.75) is 12.8 Å². The van der Waals surface area contributed by atoms with Crippen LogP contribution in [0.4, 0.5) is 0 Å². The monoisotopic (exact) mass is 209 g/mol. The number of thioether (sulfide) groups is 1. The summed E-state index contributed by atoms with van der Waals surface area (Å²) in [6.45, 7) is 0. The van der Waals surface area contributed by atoms with Crippen LogP contribution in [0.15, 0.2) is 0 Å². The molecule has 0 aliphatic carbocycles. The van der Waals surface area contributed by atoms with Crippen LogP contribution in [-0.2, 0) is 10.1 Å². The molecule has 0 radical (unpaired) electrons. The highest BCUT2D eigenvalue weighted by atomic mass is 32.2. The Morgan fingerprint density at radius 1 is 1.42 bits per heavy atom. The minimum absolute atomic E-state index is 0.188. The second-order valence-corrected chi connectivity index (χ2v) is 4.96. The molecule has 0 atom stereocenters. The van der Waals surface area contributed by atoms with E-state index in [2.05, 4.69) is 0 Å². The maximum atomic E-state index is 10.2. The minimum atomic E-state index is -3.80. The van der Waals surface area contributed by atoms with Gasteiger partial charge in [-0.15, -0.1) is 0 Å². The number of nitriles is 1. The van der Waals surface area contributed by atoms with E-state index in [4.69, 9.17) is 9.81 Å². The van der Waals surface area contributed by atoms with Gasteiger partial charge in [0.2, 0.25) is 0 Å². The maximum absolute atomic E-state index is 10.2. The number of hydrogen-bond donors (Lipinski definition) is 1. The average Bonchev–Trinajstić information content (AvgIpc) is 1.94. The zero-order valence-electron chi connectivity index (χ0n) is 6.56. The molecule has 0 fully saturated rings. The maximum Gasteiger partial charge on any atom is 0.264 e. The molecule has 0 aliphatic rings. The molecule has 12 heavy (non-hydrogen) atoms. The molecule has 70 valence electrons. The molecule has 0 saturated heterocycles. The van der Waals surface area contributed by atoms with Crippen LogP contribution in [0.2, 0.25) is 0 Å². The molecule has 0 unspecified atom stereocenters. The Bertz CT molecular complexity index is 242. The lowest BCUT2D eigenvalue weighted by Gasteiger charge is -1.96. The Balaban J connectivity index is 3.18. The SMILES string of the molecule is N#CCCSCCCS(=O)(=O)O. The lowest BCUT2D eigenvalue weighted by Crippen LogP contribution is -2.04. The fraction of sp³-hybridized carbons (Fsp3) is 0.833. The van der Waals surface area contributed by atoms with Crippen LogP contribution in [0.3, 0.4) is 0 Å². The molecule has 0 spiro atoms. The van der Waals surface area contributed by atoms with E-state index in [1.807, 2.05) is 6.07 Å². The van der Waals surface area contributed by atoms with Gasteiger partial charge in [-0.25, -0.2) is 0 Å². The quantitative estimate of drug-likeness (QED) is 0.519. The molecule has 0 aromatic rings. The van der Waals surface area contributed by atoms with Gasteiger partial charge in [-0.3, -0.25) is 4.55 Å². The molecule has 0 amide bonds. The predicted molar refractivity (Wildman–Crippen MR) is 48.6 cm³/mol. The summed E-state index contributed by atoms with van der Waals surface area (Å²) >= 11 is 1.52. The largest absolute Gasteiger partial charge is 0.286 e. The second-order valence-electron chi connectivity index (χ2n) is 2.16. The van der Waals surface area contributed by atoms with Gasteiger partial charge in [-0.05, 0) is 12.2 Å². The van der Waals surface area contributed by atoms with Gasteiger partial charge < -0.3 is 0 Å². The van der Waals surface area contributed by atoms with E-state index in [-0.39, 0.29) is 5.75 Å². The average molecular weight is 209 g/mol. The standard InChI is InChI=1S/C6H11NO3S2/c7-3-1-4-11-5-2-6-12(8,9)10/h1-2,4-6H2,(H,8,9,10). The van der Waals surface area contributed by atoms with Crippen LogP contribution in [0.25, 0.3) is 0 Å². The number of nitrogens with zero attached hydrogens (tertiary/aromatic N) is 1. The summed E-state index contributed by atoms with van der Waals surface area (Å²) in [6, 6.07) is 1.99. The summed E-state index contributed by atoms with van der Waals surface area (Å²) in [7, 11) is -3.80. The molecule has 0 rings (SSSR count). The summed E-state index contributed by atoms with van der Waals surface area (Å²) in [6.07, 6.45) is 0.922. The normalized spacial score (nSPS) is 11.0. The van der Waals surface area contributed by atoms with E-state index in [9.17, 15) is 8.42 Å². The van der Waals surface area contributed by atoms with Gasteiger partial charge in [0.05, 0.1) is 11.8 Å². The first-order valence-electron chi connectivity index (χ1n) is 3.46. The van der Waals surface area contributed by atoms with Crippen LogP contribution < -0.4 is 0 Å². The van der Waals surface area contributed by atoms with Crippen molar-refractivity contribution < 1.29 is 13.0 Å². The topological polar surface area (TPSA) is 78.2 Å². The predicted octanol–water partition coefficient (Wildman–Crippen LogP) is 0.911. The van der Waals surface area contributed by atoms with Gasteiger partial charge in [0.15, 0.2) is 0 Å². The molecular formula is C6H11NO3S2. The third-order valence-corrected chi connectivity index (χ3v) is 2.92. The van der Waals surface area contributed by atoms with E-state index in [0.29, 0.717) is 18.6 Å². The van der Waals surface area contributed by atoms with Crippen LogP contribution in [0, 0.1) is 11.3 Å². The van der Waals surface area contributed by atoms with Crippen molar-refractivity contribution >= 4 is 21.9 Å². The molecule has 0 aliphatic heterocycles. The van der Waals surface area contributed by atoms with Crippen molar-refractivity contribution in [2.24, 2.45) is 0 Å². The van der Waals surface area contributed by atoms with Gasteiger partial charge in [-0.1, -0.05) is 0 Å². The Morgan fingerprint density at radius 2 is 2.08 bits per heavy atom. The summed E-state index contributed by atoms with van der Waals surface area (Å²) in [4.78, 5) is 0. The Kier molecular flexibility index (Phi) is 6.16. The molecule has 0 heterocycles. The lowest BCUT2D eigenvalue weighted by molar-refractivity contribution is 0.482. The van der Waals surface area contributed by atoms with Crippen LogP contribution in [0.1, 0.15) is 12.8 Å². The molecule has 0 bridgehead atoms. The Hall–Kier alpha value is -0.250. The molecular weight excluding hydrogens is 198 g/mol. The highest BCUT2D eigenvalue weighted by molar-refractivity contribution is 7.99. The second kappa shape index (κ2) is 6.29. The van der Waals surface area contributed by atoms with Crippen LogP contribution in [0.5, 0.6) is 0 Å². The first-order valence-corrected chi connectivity index (χ1v) is 6.22. The third kappa shape index (κ3) is 9.75. The number of rotatable bonds is 6. The smallest absolute Gasteiger partial charge is 0.264 e. The minimum Gasteiger partial charge on any atom is -0.286 e. The van der Waals surface area contributed by atoms with E-state index in [1.54, 1.807) is 0 Å². The van der Waals surface area contributed by atoms with Crippen LogP contribution in [-0.4, -0.2) is 30.2 Å². The molecule has 0 saturated carbocycles. The molecule has 0 aromatic carbocycles. The van der Waals surface area contributed by atoms with Gasteiger partial charge in [0.1, 0.15) is 0 Å². The zero-order valence-corrected chi connectivity index (χ0v) is 8.20. The van der Waals surface area contributed by atoms with Gasteiger partial charge in [0, 0.05) is 12.2 Å². The third-order valence-electron chi connectivity index (χ3n) is 1.05. The van der Waals surface area contributed by atoms with Crippen molar-refractivity contribution in [3.05, 3.63) is 0 Å². The summed E-state index contributed by atoms with van der Waals surface area (Å²) in [5.74, 6) is 1.20. The molecule has 1 N–H and O–H groups in total. The van der Waals surface area contributed by atoms with Gasteiger partial charge in [0.25, 0.3) is 10.1 Å². The van der Waals surface area contributed by atoms with Gasteiger partial charge in [-0.2, -0.15) is 25.4 Å². The fourth-order valence-corrected chi connectivity index (χ4v) is 2.04. The highest BCUT2D eigenvalue weighted by Gasteiger charge is 2.02. The Morgan fingerprint density at radius 3 is 2.58 bits per heavy atom. The van der Waals surface area contributed by atoms with E-state index >= 15 is 0 Å². The zero-order chi connectivity index (χ0) is 9.45. The summed E-state index contributed by atoms with van der Waals surface area (Å²) in [5.41, 5.74) is 0. The highest BCUT2D eigenvalue weighted by Crippen LogP contribution is 2.04. The number of hydrogen-bond acceptors (Lipinski definition) is 4. The fourth-order valence-electron chi connectivity index (χ4n) is 0.563. The molecule has 6 heteroatoms. The summed E-state index contributed by atoms with van der Waals surface area (Å²) in [5, 5.41) is 8.15. The van der Waals surface area contributed by atoms with Crippen LogP contribution >= 0.6 is 11.8 Å². The van der Waals surface area contributed by atoms with Crippen molar-refractivity contribution in [3.8, 4) is 6.07 Å². The van der Waals surface area contributed by atoms with Crippen molar-refractivity contribution in [1.29, 1.82) is 5.26 Å². The van der Waals surface area contributed by atoms with Gasteiger partial charge >= 0.3 is 0 Å². The molecule has 0 aromatic heterocycles. The lowest BCUT2D eigenvalue weighted by atomic mass is 10.6. The van der Waals surface area contributed by atoms with E-state index in [1.165, 1.54) is 11.8 Å². The van der Waals surface area contributed by atoms with E-state index < -0.39 is 10.1 Å². The van der Waals surface area contributed by atoms with E-state index in [0.717, 1.165) is 5.75 Å². The summed E-state index contributed by atoms with van der Waals surface area (Å²) < 4.78 is 28.8. The van der Waals surface area contributed by atoms with Crippen molar-refractivity contribution in [3.63, 3.8) is 0 Å². The first-order chi connectivity index (χ1) is 5.56. The van der Waals surface area contributed by atoms with Crippen molar-refractivity contribution in [2.75, 3.05) is 17.3 Å².